The van der Waals surface area contributed by atoms with E-state index in [0.29, 0.717) is 5.69 Å². The van der Waals surface area contributed by atoms with Gasteiger partial charge in [0.05, 0.1) is 5.69 Å². The monoisotopic (exact) mass is 349 g/mol. The number of anilines is 2. The summed E-state index contributed by atoms with van der Waals surface area (Å²) in [5, 5.41) is 0. The summed E-state index contributed by atoms with van der Waals surface area (Å²) in [5.41, 5.74) is 1.87. The standard InChI is InChI=1S/C16H17BrFN3/c1-12-10-16(19-11-13(12)17)21-8-6-20(7-9-21)15-5-3-2-4-14(15)18/h2-5,10-11H,6-9H2,1H3. The second-order valence-corrected chi connectivity index (χ2v) is 6.07. The van der Waals surface area contributed by atoms with Crippen LogP contribution in [0.3, 0.4) is 0 Å². The lowest BCUT2D eigenvalue weighted by Gasteiger charge is -2.37. The summed E-state index contributed by atoms with van der Waals surface area (Å²) in [6.07, 6.45) is 1.84. The van der Waals surface area contributed by atoms with Crippen LogP contribution in [0.5, 0.6) is 0 Å². The first-order valence-corrected chi connectivity index (χ1v) is 7.81. The van der Waals surface area contributed by atoms with Crippen LogP contribution in [-0.2, 0) is 0 Å². The molecule has 0 amide bonds. The summed E-state index contributed by atoms with van der Waals surface area (Å²) in [5.74, 6) is 0.840. The van der Waals surface area contributed by atoms with Crippen molar-refractivity contribution in [3.63, 3.8) is 0 Å². The highest BCUT2D eigenvalue weighted by Crippen LogP contribution is 2.24. The number of aryl methyl sites for hydroxylation is 1. The number of nitrogens with zero attached hydrogens (tertiary/aromatic N) is 3. The molecule has 0 spiro atoms. The van der Waals surface area contributed by atoms with Crippen LogP contribution >= 0.6 is 15.9 Å². The predicted molar refractivity (Wildman–Crippen MR) is 87.5 cm³/mol. The number of halogens is 2. The minimum Gasteiger partial charge on any atom is -0.366 e. The van der Waals surface area contributed by atoms with Crippen molar-refractivity contribution >= 4 is 27.4 Å². The molecule has 0 atom stereocenters. The second-order valence-electron chi connectivity index (χ2n) is 5.22. The van der Waals surface area contributed by atoms with Gasteiger partial charge in [0, 0.05) is 36.8 Å². The molecule has 1 aliphatic rings. The van der Waals surface area contributed by atoms with Crippen LogP contribution in [0, 0.1) is 12.7 Å². The van der Waals surface area contributed by atoms with Gasteiger partial charge in [-0.2, -0.15) is 0 Å². The molecule has 21 heavy (non-hydrogen) atoms. The van der Waals surface area contributed by atoms with Gasteiger partial charge in [-0.05, 0) is 46.6 Å². The van der Waals surface area contributed by atoms with Gasteiger partial charge in [-0.3, -0.25) is 0 Å². The summed E-state index contributed by atoms with van der Waals surface area (Å²) < 4.78 is 14.8. The van der Waals surface area contributed by atoms with Crippen molar-refractivity contribution in [2.24, 2.45) is 0 Å². The Kier molecular flexibility index (Phi) is 4.10. The molecule has 0 radical (unpaired) electrons. The van der Waals surface area contributed by atoms with Crippen LogP contribution in [-0.4, -0.2) is 31.2 Å². The third-order valence-corrected chi connectivity index (χ3v) is 4.66. The highest BCUT2D eigenvalue weighted by molar-refractivity contribution is 9.10. The first kappa shape index (κ1) is 14.3. The van der Waals surface area contributed by atoms with Crippen molar-refractivity contribution < 1.29 is 4.39 Å². The normalized spacial score (nSPS) is 15.4. The van der Waals surface area contributed by atoms with Gasteiger partial charge >= 0.3 is 0 Å². The third-order valence-electron chi connectivity index (χ3n) is 3.83. The SMILES string of the molecule is Cc1cc(N2CCN(c3ccccc3F)CC2)ncc1Br. The Balaban J connectivity index is 1.70. The number of hydrogen-bond acceptors (Lipinski definition) is 3. The largest absolute Gasteiger partial charge is 0.366 e. The van der Waals surface area contributed by atoms with E-state index in [9.17, 15) is 4.39 Å². The van der Waals surface area contributed by atoms with Gasteiger partial charge in [0.1, 0.15) is 11.6 Å². The van der Waals surface area contributed by atoms with Gasteiger partial charge in [-0.25, -0.2) is 9.37 Å². The van der Waals surface area contributed by atoms with Crippen LogP contribution in [0.25, 0.3) is 0 Å². The predicted octanol–water partition coefficient (Wildman–Crippen LogP) is 3.62. The molecule has 0 aliphatic carbocycles. The molecule has 3 nitrogen and oxygen atoms in total. The molecule has 3 rings (SSSR count). The molecule has 2 aromatic rings. The minimum absolute atomic E-state index is 0.149. The van der Waals surface area contributed by atoms with Crippen molar-refractivity contribution in [1.29, 1.82) is 0 Å². The fraction of sp³-hybridized carbons (Fsp3) is 0.312. The van der Waals surface area contributed by atoms with Gasteiger partial charge in [-0.1, -0.05) is 12.1 Å². The summed E-state index contributed by atoms with van der Waals surface area (Å²) in [4.78, 5) is 8.81. The number of pyridine rings is 1. The van der Waals surface area contributed by atoms with Crippen molar-refractivity contribution in [3.05, 3.63) is 52.4 Å². The second kappa shape index (κ2) is 6.02. The van der Waals surface area contributed by atoms with E-state index in [1.807, 2.05) is 18.3 Å². The van der Waals surface area contributed by atoms with Crippen LogP contribution in [0.1, 0.15) is 5.56 Å². The Labute approximate surface area is 132 Å². The molecule has 110 valence electrons. The first-order valence-electron chi connectivity index (χ1n) is 7.02. The van der Waals surface area contributed by atoms with E-state index in [0.717, 1.165) is 36.5 Å². The third kappa shape index (κ3) is 3.02. The molecule has 1 aliphatic heterocycles. The van der Waals surface area contributed by atoms with Crippen LogP contribution in [0.2, 0.25) is 0 Å². The van der Waals surface area contributed by atoms with E-state index in [-0.39, 0.29) is 5.82 Å². The molecular formula is C16H17BrFN3. The summed E-state index contributed by atoms with van der Waals surface area (Å²) in [7, 11) is 0. The number of hydrogen-bond donors (Lipinski definition) is 0. The van der Waals surface area contributed by atoms with Gasteiger partial charge < -0.3 is 9.80 Å². The maximum atomic E-state index is 13.8. The Morgan fingerprint density at radius 1 is 1.10 bits per heavy atom. The van der Waals surface area contributed by atoms with E-state index in [4.69, 9.17) is 0 Å². The Morgan fingerprint density at radius 2 is 1.76 bits per heavy atom. The van der Waals surface area contributed by atoms with E-state index in [1.54, 1.807) is 6.07 Å². The van der Waals surface area contributed by atoms with Crippen molar-refractivity contribution in [2.75, 3.05) is 36.0 Å². The van der Waals surface area contributed by atoms with Crippen molar-refractivity contribution in [2.45, 2.75) is 6.92 Å². The smallest absolute Gasteiger partial charge is 0.146 e. The highest BCUT2D eigenvalue weighted by atomic mass is 79.9. The molecule has 2 heterocycles. The van der Waals surface area contributed by atoms with Gasteiger partial charge in [0.25, 0.3) is 0 Å². The first-order chi connectivity index (χ1) is 10.1. The number of rotatable bonds is 2. The summed E-state index contributed by atoms with van der Waals surface area (Å²) in [6, 6.07) is 9.05. The Bertz CT molecular complexity index is 639. The average Bonchev–Trinajstić information content (AvgIpc) is 2.51. The van der Waals surface area contributed by atoms with E-state index < -0.39 is 0 Å². The quantitative estimate of drug-likeness (QED) is 0.825. The maximum Gasteiger partial charge on any atom is 0.146 e. The van der Waals surface area contributed by atoms with Crippen LogP contribution in [0.4, 0.5) is 15.9 Å². The van der Waals surface area contributed by atoms with Gasteiger partial charge in [0.2, 0.25) is 0 Å². The zero-order chi connectivity index (χ0) is 14.8. The van der Waals surface area contributed by atoms with Gasteiger partial charge in [-0.15, -0.1) is 0 Å². The molecule has 0 N–H and O–H groups in total. The molecule has 1 aromatic heterocycles. The fourth-order valence-electron chi connectivity index (χ4n) is 2.58. The van der Waals surface area contributed by atoms with Crippen LogP contribution < -0.4 is 9.80 Å². The maximum absolute atomic E-state index is 13.8. The lowest BCUT2D eigenvalue weighted by molar-refractivity contribution is 0.596. The van der Waals surface area contributed by atoms with E-state index in [1.165, 1.54) is 11.6 Å². The summed E-state index contributed by atoms with van der Waals surface area (Å²) in [6.45, 7) is 5.37. The summed E-state index contributed by atoms with van der Waals surface area (Å²) >= 11 is 3.47. The Morgan fingerprint density at radius 3 is 2.43 bits per heavy atom. The molecule has 0 unspecified atom stereocenters. The fourth-order valence-corrected chi connectivity index (χ4v) is 2.80. The molecular weight excluding hydrogens is 333 g/mol. The Hall–Kier alpha value is -1.62. The zero-order valence-electron chi connectivity index (χ0n) is 11.9. The van der Waals surface area contributed by atoms with E-state index >= 15 is 0 Å². The van der Waals surface area contributed by atoms with Crippen molar-refractivity contribution in [1.82, 2.24) is 4.98 Å². The average molecular weight is 350 g/mol. The molecule has 1 aromatic carbocycles. The topological polar surface area (TPSA) is 19.4 Å². The molecule has 0 saturated carbocycles. The molecule has 1 fully saturated rings. The highest BCUT2D eigenvalue weighted by Gasteiger charge is 2.20. The number of benzene rings is 1. The van der Waals surface area contributed by atoms with Crippen molar-refractivity contribution in [3.8, 4) is 0 Å². The molecule has 5 heteroatoms. The number of para-hydroxylation sites is 1. The lowest BCUT2D eigenvalue weighted by Crippen LogP contribution is -2.47. The number of aromatic nitrogens is 1. The lowest BCUT2D eigenvalue weighted by atomic mass is 10.2. The van der Waals surface area contributed by atoms with E-state index in [2.05, 4.69) is 43.7 Å². The zero-order valence-corrected chi connectivity index (χ0v) is 13.5. The minimum atomic E-state index is -0.149. The number of piperazine rings is 1. The van der Waals surface area contributed by atoms with Crippen LogP contribution in [0.15, 0.2) is 41.0 Å². The molecule has 1 saturated heterocycles. The molecule has 0 bridgehead atoms. The van der Waals surface area contributed by atoms with Gasteiger partial charge in [0.15, 0.2) is 0 Å².